The molecule has 1 saturated heterocycles. The number of piperidine rings is 1. The van der Waals surface area contributed by atoms with Crippen molar-refractivity contribution in [3.63, 3.8) is 0 Å². The van der Waals surface area contributed by atoms with Crippen LogP contribution in [-0.2, 0) is 0 Å². The molecule has 5 heteroatoms. The van der Waals surface area contributed by atoms with Gasteiger partial charge < -0.3 is 10.6 Å². The first-order valence-electron chi connectivity index (χ1n) is 5.42. The summed E-state index contributed by atoms with van der Waals surface area (Å²) >= 11 is 0. The van der Waals surface area contributed by atoms with Crippen LogP contribution >= 0.6 is 0 Å². The van der Waals surface area contributed by atoms with Crippen molar-refractivity contribution in [2.45, 2.75) is 25.9 Å². The summed E-state index contributed by atoms with van der Waals surface area (Å²) in [6.07, 6.45) is -2.16. The fraction of sp³-hybridized carbons (Fsp3) is 1.00. The van der Waals surface area contributed by atoms with E-state index < -0.39 is 12.1 Å². The smallest absolute Gasteiger partial charge is 0.330 e. The van der Waals surface area contributed by atoms with Crippen molar-refractivity contribution >= 4 is 0 Å². The molecule has 0 saturated carbocycles. The van der Waals surface area contributed by atoms with Crippen LogP contribution in [0.3, 0.4) is 0 Å². The van der Waals surface area contributed by atoms with Crippen LogP contribution < -0.4 is 5.73 Å². The van der Waals surface area contributed by atoms with Crippen LogP contribution in [0.5, 0.6) is 0 Å². The zero-order chi connectivity index (χ0) is 11.5. The summed E-state index contributed by atoms with van der Waals surface area (Å²) in [5, 5.41) is 0. The van der Waals surface area contributed by atoms with Gasteiger partial charge in [-0.1, -0.05) is 6.92 Å². The number of nitrogens with zero attached hydrogens (tertiary/aromatic N) is 1. The fourth-order valence-corrected chi connectivity index (χ4v) is 1.87. The second kappa shape index (κ2) is 5.16. The van der Waals surface area contributed by atoms with Gasteiger partial charge in [0.1, 0.15) is 0 Å². The molecular formula is C10H19F3N2. The Bertz CT molecular complexity index is 186. The van der Waals surface area contributed by atoms with Gasteiger partial charge in [0.2, 0.25) is 0 Å². The average Bonchev–Trinajstić information content (AvgIpc) is 2.15. The van der Waals surface area contributed by atoms with Gasteiger partial charge in [-0.05, 0) is 31.8 Å². The Morgan fingerprint density at radius 3 is 2.27 bits per heavy atom. The van der Waals surface area contributed by atoms with E-state index in [1.54, 1.807) is 0 Å². The lowest BCUT2D eigenvalue weighted by Crippen LogP contribution is -2.43. The maximum atomic E-state index is 12.4. The summed E-state index contributed by atoms with van der Waals surface area (Å²) in [6.45, 7) is 3.44. The summed E-state index contributed by atoms with van der Waals surface area (Å²) in [5.74, 6) is -0.727. The first kappa shape index (κ1) is 12.8. The van der Waals surface area contributed by atoms with Crippen LogP contribution in [0.15, 0.2) is 0 Å². The van der Waals surface area contributed by atoms with Gasteiger partial charge in [-0.2, -0.15) is 13.2 Å². The predicted molar refractivity (Wildman–Crippen MR) is 53.4 cm³/mol. The number of likely N-dealkylation sites (tertiary alicyclic amines) is 1. The van der Waals surface area contributed by atoms with Crippen molar-refractivity contribution in [3.05, 3.63) is 0 Å². The van der Waals surface area contributed by atoms with Gasteiger partial charge in [-0.15, -0.1) is 0 Å². The van der Waals surface area contributed by atoms with Gasteiger partial charge in [-0.3, -0.25) is 0 Å². The molecule has 15 heavy (non-hydrogen) atoms. The Morgan fingerprint density at radius 2 is 1.87 bits per heavy atom. The normalized spacial score (nSPS) is 23.0. The van der Waals surface area contributed by atoms with E-state index in [2.05, 4.69) is 6.92 Å². The third kappa shape index (κ3) is 3.99. The maximum absolute atomic E-state index is 12.4. The van der Waals surface area contributed by atoms with Gasteiger partial charge in [0, 0.05) is 13.1 Å². The van der Waals surface area contributed by atoms with Crippen molar-refractivity contribution < 1.29 is 13.2 Å². The fourth-order valence-electron chi connectivity index (χ4n) is 1.87. The molecular weight excluding hydrogens is 205 g/mol. The third-order valence-corrected chi connectivity index (χ3v) is 3.10. The highest BCUT2D eigenvalue weighted by molar-refractivity contribution is 4.76. The average molecular weight is 224 g/mol. The largest absolute Gasteiger partial charge is 0.394 e. The highest BCUT2D eigenvalue weighted by Gasteiger charge is 2.39. The third-order valence-electron chi connectivity index (χ3n) is 3.10. The minimum absolute atomic E-state index is 0.0622. The van der Waals surface area contributed by atoms with E-state index in [0.29, 0.717) is 5.92 Å². The van der Waals surface area contributed by atoms with Crippen molar-refractivity contribution in [2.24, 2.45) is 17.6 Å². The number of alkyl halides is 3. The van der Waals surface area contributed by atoms with Crippen molar-refractivity contribution in [1.82, 2.24) is 4.90 Å². The maximum Gasteiger partial charge on any atom is 0.394 e. The molecule has 0 aromatic carbocycles. The summed E-state index contributed by atoms with van der Waals surface area (Å²) in [6, 6.07) is 0. The molecule has 1 heterocycles. The Balaban J connectivity index is 2.39. The van der Waals surface area contributed by atoms with Crippen LogP contribution in [0, 0.1) is 11.8 Å². The number of rotatable bonds is 3. The first-order chi connectivity index (χ1) is 6.93. The van der Waals surface area contributed by atoms with E-state index in [9.17, 15) is 13.2 Å². The molecule has 1 unspecified atom stereocenters. The molecule has 1 rings (SSSR count). The summed E-state index contributed by atoms with van der Waals surface area (Å²) < 4.78 is 37.3. The van der Waals surface area contributed by atoms with Crippen molar-refractivity contribution in [2.75, 3.05) is 26.2 Å². The highest BCUT2D eigenvalue weighted by Crippen LogP contribution is 2.27. The standard InChI is InChI=1S/C10H19F3N2/c1-8-2-4-15(5-3-8)7-9(6-14)10(11,12)13/h8-9H,2-7,14H2,1H3. The number of nitrogens with two attached hydrogens (primary N) is 1. The summed E-state index contributed by atoms with van der Waals surface area (Å²) in [5.41, 5.74) is 5.16. The summed E-state index contributed by atoms with van der Waals surface area (Å²) in [4.78, 5) is 1.88. The number of hydrogen-bond donors (Lipinski definition) is 1. The molecule has 1 aliphatic heterocycles. The lowest BCUT2D eigenvalue weighted by molar-refractivity contribution is -0.176. The van der Waals surface area contributed by atoms with Crippen LogP contribution in [0.25, 0.3) is 0 Å². The minimum Gasteiger partial charge on any atom is -0.330 e. The number of hydrogen-bond acceptors (Lipinski definition) is 2. The van der Waals surface area contributed by atoms with Gasteiger partial charge in [0.05, 0.1) is 5.92 Å². The molecule has 0 aliphatic carbocycles. The van der Waals surface area contributed by atoms with E-state index >= 15 is 0 Å². The first-order valence-corrected chi connectivity index (χ1v) is 5.42. The quantitative estimate of drug-likeness (QED) is 0.792. The van der Waals surface area contributed by atoms with Crippen LogP contribution in [0.2, 0.25) is 0 Å². The van der Waals surface area contributed by atoms with Gasteiger partial charge in [-0.25, -0.2) is 0 Å². The summed E-state index contributed by atoms with van der Waals surface area (Å²) in [7, 11) is 0. The van der Waals surface area contributed by atoms with Gasteiger partial charge in [0.25, 0.3) is 0 Å². The second-order valence-corrected chi connectivity index (χ2v) is 4.46. The highest BCUT2D eigenvalue weighted by atomic mass is 19.4. The molecule has 0 radical (unpaired) electrons. The monoisotopic (exact) mass is 224 g/mol. The molecule has 90 valence electrons. The van der Waals surface area contributed by atoms with Crippen LogP contribution in [0.4, 0.5) is 13.2 Å². The molecule has 0 bridgehead atoms. The predicted octanol–water partition coefficient (Wildman–Crippen LogP) is 1.86. The van der Waals surface area contributed by atoms with Crippen LogP contribution in [0.1, 0.15) is 19.8 Å². The van der Waals surface area contributed by atoms with E-state index in [1.165, 1.54) is 0 Å². The van der Waals surface area contributed by atoms with Gasteiger partial charge in [0.15, 0.2) is 0 Å². The van der Waals surface area contributed by atoms with Crippen molar-refractivity contribution in [1.29, 1.82) is 0 Å². The molecule has 2 N–H and O–H groups in total. The Kier molecular flexibility index (Phi) is 4.40. The second-order valence-electron chi connectivity index (χ2n) is 4.46. The SMILES string of the molecule is CC1CCN(CC(CN)C(F)(F)F)CC1. The lowest BCUT2D eigenvalue weighted by Gasteiger charge is -2.33. The minimum atomic E-state index is -4.15. The zero-order valence-electron chi connectivity index (χ0n) is 9.06. The van der Waals surface area contributed by atoms with E-state index in [0.717, 1.165) is 25.9 Å². The number of halogens is 3. The molecule has 0 aromatic heterocycles. The molecule has 1 aliphatic rings. The van der Waals surface area contributed by atoms with Crippen molar-refractivity contribution in [3.8, 4) is 0 Å². The Labute approximate surface area is 88.6 Å². The molecule has 2 nitrogen and oxygen atoms in total. The van der Waals surface area contributed by atoms with Crippen LogP contribution in [-0.4, -0.2) is 37.3 Å². The lowest BCUT2D eigenvalue weighted by atomic mass is 9.98. The molecule has 0 aromatic rings. The van der Waals surface area contributed by atoms with E-state index in [4.69, 9.17) is 5.73 Å². The Morgan fingerprint density at radius 1 is 1.33 bits per heavy atom. The van der Waals surface area contributed by atoms with E-state index in [1.807, 2.05) is 4.90 Å². The van der Waals surface area contributed by atoms with E-state index in [-0.39, 0.29) is 13.1 Å². The van der Waals surface area contributed by atoms with Gasteiger partial charge >= 0.3 is 6.18 Å². The topological polar surface area (TPSA) is 29.3 Å². The zero-order valence-corrected chi connectivity index (χ0v) is 9.06. The molecule has 1 atom stereocenters. The molecule has 0 spiro atoms. The molecule has 0 amide bonds. The Hall–Kier alpha value is -0.290. The molecule has 1 fully saturated rings.